The molecule has 1 aliphatic rings. The molecule has 0 fully saturated rings. The summed E-state index contributed by atoms with van der Waals surface area (Å²) < 4.78 is 5.84. The van der Waals surface area contributed by atoms with Crippen molar-refractivity contribution in [2.75, 3.05) is 0 Å². The van der Waals surface area contributed by atoms with Crippen LogP contribution in [0.4, 0.5) is 0 Å². The molecule has 24 heavy (non-hydrogen) atoms. The van der Waals surface area contributed by atoms with Crippen molar-refractivity contribution in [1.29, 1.82) is 0 Å². The summed E-state index contributed by atoms with van der Waals surface area (Å²) in [4.78, 5) is 12.4. The summed E-state index contributed by atoms with van der Waals surface area (Å²) in [7, 11) is 0. The number of halogens is 2. The van der Waals surface area contributed by atoms with Gasteiger partial charge in [0, 0.05) is 23.1 Å². The maximum absolute atomic E-state index is 12.4. The largest absolute Gasteiger partial charge is 0.457 e. The molecule has 1 aliphatic carbocycles. The molecule has 1 heterocycles. The molecule has 0 spiro atoms. The molecule has 0 N–H and O–H groups in total. The minimum atomic E-state index is 0.0596. The van der Waals surface area contributed by atoms with E-state index in [9.17, 15) is 4.79 Å². The molecule has 0 atom stereocenters. The zero-order chi connectivity index (χ0) is 16.7. The Labute approximate surface area is 149 Å². The van der Waals surface area contributed by atoms with Crippen LogP contribution in [0.1, 0.15) is 21.7 Å². The van der Waals surface area contributed by atoms with Gasteiger partial charge in [-0.3, -0.25) is 4.79 Å². The van der Waals surface area contributed by atoms with Crippen molar-refractivity contribution in [2.24, 2.45) is 0 Å². The highest BCUT2D eigenvalue weighted by Crippen LogP contribution is 2.35. The van der Waals surface area contributed by atoms with Crippen LogP contribution in [0.5, 0.6) is 0 Å². The predicted octanol–water partition coefficient (Wildman–Crippen LogP) is 6.08. The first-order valence-corrected chi connectivity index (χ1v) is 8.26. The second-order valence-electron chi connectivity index (χ2n) is 5.64. The fourth-order valence-corrected chi connectivity index (χ4v) is 3.31. The number of rotatable bonds is 2. The molecule has 2 nitrogen and oxygen atoms in total. The van der Waals surface area contributed by atoms with Gasteiger partial charge in [0.25, 0.3) is 0 Å². The lowest BCUT2D eigenvalue weighted by atomic mass is 10.1. The van der Waals surface area contributed by atoms with Crippen LogP contribution in [0.2, 0.25) is 10.0 Å². The number of hydrogen-bond acceptors (Lipinski definition) is 2. The Morgan fingerprint density at radius 2 is 1.71 bits per heavy atom. The maximum atomic E-state index is 12.4. The van der Waals surface area contributed by atoms with E-state index in [0.717, 1.165) is 22.3 Å². The number of allylic oxidation sites excluding steroid dienone is 1. The summed E-state index contributed by atoms with van der Waals surface area (Å²) in [5, 5.41) is 0.934. The van der Waals surface area contributed by atoms with E-state index in [0.29, 0.717) is 28.0 Å². The first kappa shape index (κ1) is 15.3. The summed E-state index contributed by atoms with van der Waals surface area (Å²) in [6.07, 6.45) is 2.42. The maximum Gasteiger partial charge on any atom is 0.189 e. The lowest BCUT2D eigenvalue weighted by molar-refractivity contribution is 0.104. The Kier molecular flexibility index (Phi) is 3.79. The average Bonchev–Trinajstić information content (AvgIpc) is 3.16. The van der Waals surface area contributed by atoms with Crippen molar-refractivity contribution in [2.45, 2.75) is 6.42 Å². The number of carbonyl (C=O) groups is 1. The molecule has 3 aromatic rings. The van der Waals surface area contributed by atoms with E-state index in [4.69, 9.17) is 27.6 Å². The molecule has 0 bridgehead atoms. The number of hydrogen-bond donors (Lipinski definition) is 0. The van der Waals surface area contributed by atoms with Crippen LogP contribution in [0.3, 0.4) is 0 Å². The van der Waals surface area contributed by atoms with E-state index in [1.165, 1.54) is 0 Å². The summed E-state index contributed by atoms with van der Waals surface area (Å²) >= 11 is 12.3. The van der Waals surface area contributed by atoms with Gasteiger partial charge in [0.1, 0.15) is 11.5 Å². The highest BCUT2D eigenvalue weighted by atomic mass is 35.5. The van der Waals surface area contributed by atoms with Gasteiger partial charge in [-0.2, -0.15) is 0 Å². The van der Waals surface area contributed by atoms with Gasteiger partial charge in [0.2, 0.25) is 0 Å². The Bertz CT molecular complexity index is 983. The quantitative estimate of drug-likeness (QED) is 0.522. The molecule has 0 saturated carbocycles. The molecule has 0 saturated heterocycles. The third kappa shape index (κ3) is 2.58. The Hall–Kier alpha value is -2.29. The highest BCUT2D eigenvalue weighted by Gasteiger charge is 2.24. The molecule has 0 aliphatic heterocycles. The zero-order valence-electron chi connectivity index (χ0n) is 12.6. The molecule has 0 radical (unpaired) electrons. The normalized spacial score (nSPS) is 15.1. The van der Waals surface area contributed by atoms with Gasteiger partial charge in [0.05, 0.1) is 10.0 Å². The Balaban J connectivity index is 1.67. The van der Waals surface area contributed by atoms with E-state index in [1.807, 2.05) is 48.5 Å². The standard InChI is InChI=1S/C20H12Cl2O2/c21-17-7-3-6-16(19(17)22)18-9-8-14(24-18)11-13-10-12-4-1-2-5-15(12)20(13)23/h1-9,11H,10H2/b13-11+. The van der Waals surface area contributed by atoms with Crippen molar-refractivity contribution in [3.8, 4) is 11.3 Å². The molecular weight excluding hydrogens is 343 g/mol. The van der Waals surface area contributed by atoms with Crippen LogP contribution < -0.4 is 0 Å². The molecule has 0 amide bonds. The molecule has 118 valence electrons. The average molecular weight is 355 g/mol. The van der Waals surface area contributed by atoms with Gasteiger partial charge in [-0.1, -0.05) is 53.5 Å². The second-order valence-corrected chi connectivity index (χ2v) is 6.42. The van der Waals surface area contributed by atoms with E-state index in [-0.39, 0.29) is 5.78 Å². The number of fused-ring (bicyclic) bond motifs is 1. The monoisotopic (exact) mass is 354 g/mol. The van der Waals surface area contributed by atoms with Crippen molar-refractivity contribution in [3.05, 3.63) is 87.1 Å². The Morgan fingerprint density at radius 1 is 0.917 bits per heavy atom. The van der Waals surface area contributed by atoms with Gasteiger partial charge in [-0.05, 0) is 35.9 Å². The minimum Gasteiger partial charge on any atom is -0.457 e. The number of carbonyl (C=O) groups excluding carboxylic acids is 1. The molecule has 1 aromatic heterocycles. The van der Waals surface area contributed by atoms with Crippen molar-refractivity contribution < 1.29 is 9.21 Å². The number of ketones is 1. The fourth-order valence-electron chi connectivity index (χ4n) is 2.91. The number of furan rings is 1. The van der Waals surface area contributed by atoms with Gasteiger partial charge in [-0.15, -0.1) is 0 Å². The molecular formula is C20H12Cl2O2. The van der Waals surface area contributed by atoms with Crippen LogP contribution in [0.15, 0.2) is 64.6 Å². The van der Waals surface area contributed by atoms with Gasteiger partial charge < -0.3 is 4.42 Å². The fraction of sp³-hybridized carbons (Fsp3) is 0.0500. The molecule has 2 aromatic carbocycles. The predicted molar refractivity (Wildman–Crippen MR) is 96.6 cm³/mol. The third-order valence-corrected chi connectivity index (χ3v) is 4.91. The highest BCUT2D eigenvalue weighted by molar-refractivity contribution is 6.43. The van der Waals surface area contributed by atoms with Crippen molar-refractivity contribution in [1.82, 2.24) is 0 Å². The van der Waals surface area contributed by atoms with Gasteiger partial charge >= 0.3 is 0 Å². The summed E-state index contributed by atoms with van der Waals surface area (Å²) in [5.74, 6) is 1.30. The van der Waals surface area contributed by atoms with E-state index in [1.54, 1.807) is 12.1 Å². The van der Waals surface area contributed by atoms with Crippen LogP contribution in [0.25, 0.3) is 17.4 Å². The van der Waals surface area contributed by atoms with Crippen molar-refractivity contribution in [3.63, 3.8) is 0 Å². The zero-order valence-corrected chi connectivity index (χ0v) is 14.1. The van der Waals surface area contributed by atoms with Gasteiger partial charge in [-0.25, -0.2) is 0 Å². The van der Waals surface area contributed by atoms with Crippen LogP contribution in [-0.4, -0.2) is 5.78 Å². The lowest BCUT2D eigenvalue weighted by Gasteiger charge is -2.02. The minimum absolute atomic E-state index is 0.0596. The number of Topliss-reactive ketones (excluding diaryl/α,β-unsaturated/α-hetero) is 1. The second kappa shape index (κ2) is 5.97. The first-order chi connectivity index (χ1) is 11.6. The topological polar surface area (TPSA) is 30.2 Å². The number of benzene rings is 2. The summed E-state index contributed by atoms with van der Waals surface area (Å²) in [5.41, 5.74) is 3.29. The molecule has 0 unspecified atom stereocenters. The molecule has 4 heteroatoms. The SMILES string of the molecule is O=C1/C(=C/c2ccc(-c3cccc(Cl)c3Cl)o2)Cc2ccccc21. The van der Waals surface area contributed by atoms with Crippen LogP contribution in [0, 0.1) is 0 Å². The third-order valence-electron chi connectivity index (χ3n) is 4.09. The Morgan fingerprint density at radius 3 is 2.54 bits per heavy atom. The van der Waals surface area contributed by atoms with Crippen LogP contribution >= 0.6 is 23.2 Å². The van der Waals surface area contributed by atoms with E-state index < -0.39 is 0 Å². The molecule has 4 rings (SSSR count). The van der Waals surface area contributed by atoms with Gasteiger partial charge in [0.15, 0.2) is 5.78 Å². The lowest BCUT2D eigenvalue weighted by Crippen LogP contribution is -1.94. The summed E-state index contributed by atoms with van der Waals surface area (Å²) in [6.45, 7) is 0. The van der Waals surface area contributed by atoms with E-state index >= 15 is 0 Å². The smallest absolute Gasteiger partial charge is 0.189 e. The van der Waals surface area contributed by atoms with Crippen LogP contribution in [-0.2, 0) is 6.42 Å². The van der Waals surface area contributed by atoms with Crippen molar-refractivity contribution >= 4 is 35.1 Å². The summed E-state index contributed by atoms with van der Waals surface area (Å²) in [6, 6.07) is 16.7. The van der Waals surface area contributed by atoms with E-state index in [2.05, 4.69) is 0 Å². The first-order valence-electron chi connectivity index (χ1n) is 7.51.